The van der Waals surface area contributed by atoms with Crippen LogP contribution in [0.4, 0.5) is 11.5 Å². The molecule has 2 heterocycles. The highest BCUT2D eigenvalue weighted by atomic mass is 35.5. The minimum Gasteiger partial charge on any atom is -0.376 e. The molecule has 1 aliphatic heterocycles. The van der Waals surface area contributed by atoms with E-state index in [9.17, 15) is 8.42 Å². The van der Waals surface area contributed by atoms with E-state index in [1.165, 1.54) is 22.5 Å². The Morgan fingerprint density at radius 3 is 2.35 bits per heavy atom. The van der Waals surface area contributed by atoms with Crippen molar-refractivity contribution in [1.29, 1.82) is 0 Å². The molecule has 1 aliphatic rings. The first-order valence-electron chi connectivity index (χ1n) is 7.99. The molecule has 0 N–H and O–H groups in total. The van der Waals surface area contributed by atoms with Crippen molar-refractivity contribution < 1.29 is 8.42 Å². The van der Waals surface area contributed by atoms with Crippen LogP contribution in [0.2, 0.25) is 10.0 Å². The lowest BCUT2D eigenvalue weighted by atomic mass is 10.3. The summed E-state index contributed by atoms with van der Waals surface area (Å²) in [6, 6.07) is 6.30. The Kier molecular flexibility index (Phi) is 5.57. The van der Waals surface area contributed by atoms with Crippen molar-refractivity contribution in [3.8, 4) is 0 Å². The van der Waals surface area contributed by atoms with Crippen molar-refractivity contribution in [3.63, 3.8) is 0 Å². The molecule has 1 fully saturated rings. The number of nitrogens with zero attached hydrogens (tertiary/aromatic N) is 5. The molecule has 0 saturated carbocycles. The van der Waals surface area contributed by atoms with E-state index < -0.39 is 10.0 Å². The first-order chi connectivity index (χ1) is 12.3. The van der Waals surface area contributed by atoms with Crippen molar-refractivity contribution in [2.45, 2.75) is 4.90 Å². The van der Waals surface area contributed by atoms with Gasteiger partial charge in [-0.25, -0.2) is 8.42 Å². The Morgan fingerprint density at radius 1 is 1.04 bits per heavy atom. The first-order valence-corrected chi connectivity index (χ1v) is 10.2. The molecule has 3 rings (SSSR count). The van der Waals surface area contributed by atoms with Gasteiger partial charge in [0.15, 0.2) is 5.82 Å². The lowest BCUT2D eigenvalue weighted by molar-refractivity contribution is 0.383. The lowest BCUT2D eigenvalue weighted by Crippen LogP contribution is -2.49. The van der Waals surface area contributed by atoms with Gasteiger partial charge < -0.3 is 9.80 Å². The standard InChI is InChI=1S/C16H19Cl2N5O2S/c1-21(2)12-9-16(20-19-11-12)22-5-7-23(8-6-22)26(24,25)13-3-4-14(17)15(18)10-13/h3-4,9-11H,5-8H2,1-2H3. The van der Waals surface area contributed by atoms with Gasteiger partial charge in [-0.15, -0.1) is 5.10 Å². The predicted octanol–water partition coefficient (Wildman–Crippen LogP) is 2.36. The van der Waals surface area contributed by atoms with Crippen LogP contribution in [-0.2, 0) is 10.0 Å². The maximum absolute atomic E-state index is 12.8. The van der Waals surface area contributed by atoms with Crippen LogP contribution >= 0.6 is 23.2 Å². The van der Waals surface area contributed by atoms with Gasteiger partial charge in [0.25, 0.3) is 0 Å². The van der Waals surface area contributed by atoms with E-state index in [0.717, 1.165) is 11.5 Å². The molecule has 0 amide bonds. The molecule has 1 aromatic carbocycles. The summed E-state index contributed by atoms with van der Waals surface area (Å²) >= 11 is 11.8. The van der Waals surface area contributed by atoms with Crippen LogP contribution in [0.5, 0.6) is 0 Å². The molecule has 7 nitrogen and oxygen atoms in total. The van der Waals surface area contributed by atoms with E-state index in [0.29, 0.717) is 31.2 Å². The summed E-state index contributed by atoms with van der Waals surface area (Å²) in [7, 11) is 0.257. The van der Waals surface area contributed by atoms with Crippen molar-refractivity contribution >= 4 is 44.7 Å². The highest BCUT2D eigenvalue weighted by molar-refractivity contribution is 7.89. The molecule has 0 radical (unpaired) electrons. The fraction of sp³-hybridized carbons (Fsp3) is 0.375. The number of piperazine rings is 1. The minimum absolute atomic E-state index is 0.148. The molecule has 0 aliphatic carbocycles. The van der Waals surface area contributed by atoms with Gasteiger partial charge in [-0.2, -0.15) is 9.40 Å². The largest absolute Gasteiger partial charge is 0.376 e. The van der Waals surface area contributed by atoms with E-state index in [1.807, 2.05) is 30.0 Å². The number of anilines is 2. The van der Waals surface area contributed by atoms with Crippen molar-refractivity contribution in [1.82, 2.24) is 14.5 Å². The number of hydrogen-bond acceptors (Lipinski definition) is 6. The van der Waals surface area contributed by atoms with E-state index in [4.69, 9.17) is 23.2 Å². The van der Waals surface area contributed by atoms with Crippen LogP contribution in [0.1, 0.15) is 0 Å². The topological polar surface area (TPSA) is 69.6 Å². The van der Waals surface area contributed by atoms with Gasteiger partial charge >= 0.3 is 0 Å². The van der Waals surface area contributed by atoms with Gasteiger partial charge in [0.2, 0.25) is 10.0 Å². The quantitative estimate of drug-likeness (QED) is 0.762. The second-order valence-corrected chi connectivity index (χ2v) is 8.89. The van der Waals surface area contributed by atoms with Gasteiger partial charge in [0.05, 0.1) is 26.8 Å². The molecule has 1 saturated heterocycles. The zero-order chi connectivity index (χ0) is 18.9. The first kappa shape index (κ1) is 19.2. The Hall–Kier alpha value is -1.61. The summed E-state index contributed by atoms with van der Waals surface area (Å²) in [5.74, 6) is 0.739. The number of aromatic nitrogens is 2. The van der Waals surface area contributed by atoms with Gasteiger partial charge in [-0.3, -0.25) is 0 Å². The molecule has 0 bridgehead atoms. The highest BCUT2D eigenvalue weighted by Gasteiger charge is 2.29. The molecule has 0 atom stereocenters. The number of benzene rings is 1. The molecule has 0 unspecified atom stereocenters. The summed E-state index contributed by atoms with van der Waals surface area (Å²) in [6.45, 7) is 1.78. The fourth-order valence-electron chi connectivity index (χ4n) is 2.69. The van der Waals surface area contributed by atoms with Crippen LogP contribution in [0.25, 0.3) is 0 Å². The molecule has 140 valence electrons. The van der Waals surface area contributed by atoms with Crippen molar-refractivity contribution in [2.75, 3.05) is 50.1 Å². The average Bonchev–Trinajstić information content (AvgIpc) is 2.64. The maximum Gasteiger partial charge on any atom is 0.243 e. The van der Waals surface area contributed by atoms with E-state index in [2.05, 4.69) is 10.2 Å². The lowest BCUT2D eigenvalue weighted by Gasteiger charge is -2.34. The minimum atomic E-state index is -3.61. The molecular formula is C16H19Cl2N5O2S. The summed E-state index contributed by atoms with van der Waals surface area (Å²) in [5.41, 5.74) is 0.945. The van der Waals surface area contributed by atoms with Crippen LogP contribution in [-0.4, -0.2) is 63.2 Å². The van der Waals surface area contributed by atoms with Crippen LogP contribution in [0, 0.1) is 0 Å². The van der Waals surface area contributed by atoms with Crippen molar-refractivity contribution in [2.24, 2.45) is 0 Å². The summed E-state index contributed by atoms with van der Waals surface area (Å²) < 4.78 is 27.1. The van der Waals surface area contributed by atoms with E-state index in [-0.39, 0.29) is 9.92 Å². The Morgan fingerprint density at radius 2 is 1.73 bits per heavy atom. The Bertz CT molecular complexity index is 899. The van der Waals surface area contributed by atoms with Gasteiger partial charge in [0.1, 0.15) is 0 Å². The fourth-order valence-corrected chi connectivity index (χ4v) is 4.50. The van der Waals surface area contributed by atoms with E-state index >= 15 is 0 Å². The SMILES string of the molecule is CN(C)c1cnnc(N2CCN(S(=O)(=O)c3ccc(Cl)c(Cl)c3)CC2)c1. The zero-order valence-corrected chi connectivity index (χ0v) is 16.8. The summed E-state index contributed by atoms with van der Waals surface area (Å²) in [5, 5.41) is 8.74. The third kappa shape index (κ3) is 3.88. The number of hydrogen-bond donors (Lipinski definition) is 0. The number of halogens is 2. The predicted molar refractivity (Wildman–Crippen MR) is 104 cm³/mol. The molecule has 1 aromatic heterocycles. The maximum atomic E-state index is 12.8. The molecular weight excluding hydrogens is 397 g/mol. The number of rotatable bonds is 4. The third-order valence-corrected chi connectivity index (χ3v) is 6.87. The van der Waals surface area contributed by atoms with Crippen LogP contribution in [0.15, 0.2) is 35.4 Å². The second-order valence-electron chi connectivity index (χ2n) is 6.13. The molecule has 2 aromatic rings. The zero-order valence-electron chi connectivity index (χ0n) is 14.4. The van der Waals surface area contributed by atoms with Crippen LogP contribution in [0.3, 0.4) is 0 Å². The summed E-state index contributed by atoms with van der Waals surface area (Å²) in [6.07, 6.45) is 1.69. The normalized spacial score (nSPS) is 15.9. The average molecular weight is 416 g/mol. The summed E-state index contributed by atoms with van der Waals surface area (Å²) in [4.78, 5) is 4.12. The smallest absolute Gasteiger partial charge is 0.243 e. The van der Waals surface area contributed by atoms with Crippen molar-refractivity contribution in [3.05, 3.63) is 40.5 Å². The second kappa shape index (κ2) is 7.56. The Labute approximate surface area is 163 Å². The van der Waals surface area contributed by atoms with E-state index in [1.54, 1.807) is 6.20 Å². The molecule has 26 heavy (non-hydrogen) atoms. The molecule has 10 heteroatoms. The van der Waals surface area contributed by atoms with Crippen LogP contribution < -0.4 is 9.80 Å². The monoisotopic (exact) mass is 415 g/mol. The molecule has 0 spiro atoms. The Balaban J connectivity index is 1.73. The van der Waals surface area contributed by atoms with Gasteiger partial charge in [-0.1, -0.05) is 23.2 Å². The number of sulfonamides is 1. The third-order valence-electron chi connectivity index (χ3n) is 4.24. The highest BCUT2D eigenvalue weighted by Crippen LogP contribution is 2.27. The van der Waals surface area contributed by atoms with Gasteiger partial charge in [0, 0.05) is 46.3 Å². The van der Waals surface area contributed by atoms with Gasteiger partial charge in [-0.05, 0) is 18.2 Å².